The van der Waals surface area contributed by atoms with E-state index in [-0.39, 0.29) is 35.7 Å². The number of ether oxygens (including phenoxy) is 4. The third kappa shape index (κ3) is 7.97. The zero-order valence-electron chi connectivity index (χ0n) is 36.5. The Morgan fingerprint density at radius 2 is 1.66 bits per heavy atom. The molecule has 0 saturated carbocycles. The summed E-state index contributed by atoms with van der Waals surface area (Å²) in [5, 5.41) is 7.41. The van der Waals surface area contributed by atoms with E-state index >= 15 is 0 Å². The SMILES string of the molecule is COC[C@H]1C[C@@H](c2nc3ccc4cc5c(cc4c3[nH]2)OCc2cc(-c3cnc([C@@H]4CCCN4C(=O)C(NC(=O)OC)c4ccccc4)[nH]3)ccc2-5)N(C(=O)C(NC(=O)OC)C(C)C)C1. The van der Waals surface area contributed by atoms with Crippen molar-refractivity contribution < 1.29 is 38.1 Å². The Balaban J connectivity index is 0.966. The van der Waals surface area contributed by atoms with Crippen molar-refractivity contribution in [3.05, 3.63) is 102 Å². The van der Waals surface area contributed by atoms with Gasteiger partial charge in [-0.1, -0.05) is 62.4 Å². The van der Waals surface area contributed by atoms with E-state index in [4.69, 9.17) is 28.9 Å². The molecule has 64 heavy (non-hydrogen) atoms. The van der Waals surface area contributed by atoms with Gasteiger partial charge in [0.25, 0.3) is 5.91 Å². The number of aromatic nitrogens is 4. The topological polar surface area (TPSA) is 193 Å². The molecule has 16 heteroatoms. The third-order valence-electron chi connectivity index (χ3n) is 12.7. The summed E-state index contributed by atoms with van der Waals surface area (Å²) in [6.45, 7) is 5.65. The minimum absolute atomic E-state index is 0.0935. The number of carbonyl (C=O) groups is 4. The van der Waals surface area contributed by atoms with Gasteiger partial charge in [0.05, 0.1) is 55.8 Å². The summed E-state index contributed by atoms with van der Waals surface area (Å²) in [4.78, 5) is 73.1. The number of aromatic amines is 2. The average molecular weight is 869 g/mol. The molecule has 3 aliphatic heterocycles. The van der Waals surface area contributed by atoms with Gasteiger partial charge in [-0.05, 0) is 77.1 Å². The highest BCUT2D eigenvalue weighted by Crippen LogP contribution is 2.44. The van der Waals surface area contributed by atoms with Crippen LogP contribution in [0.4, 0.5) is 9.59 Å². The normalized spacial score (nSPS) is 18.9. The minimum atomic E-state index is -0.899. The lowest BCUT2D eigenvalue weighted by Crippen LogP contribution is -2.51. The van der Waals surface area contributed by atoms with Crippen molar-refractivity contribution in [1.82, 2.24) is 40.4 Å². The van der Waals surface area contributed by atoms with Gasteiger partial charge in [-0.15, -0.1) is 0 Å². The van der Waals surface area contributed by atoms with Crippen LogP contribution in [0.5, 0.6) is 5.75 Å². The molecule has 2 fully saturated rings. The van der Waals surface area contributed by atoms with Gasteiger partial charge >= 0.3 is 12.2 Å². The molecule has 4 N–H and O–H groups in total. The van der Waals surface area contributed by atoms with Crippen molar-refractivity contribution in [2.24, 2.45) is 11.8 Å². The molecule has 2 saturated heterocycles. The van der Waals surface area contributed by atoms with Crippen molar-refractivity contribution in [3.8, 4) is 28.1 Å². The lowest BCUT2D eigenvalue weighted by molar-refractivity contribution is -0.136. The predicted octanol–water partition coefficient (Wildman–Crippen LogP) is 7.34. The van der Waals surface area contributed by atoms with Gasteiger partial charge in [0.15, 0.2) is 0 Å². The fourth-order valence-electron chi connectivity index (χ4n) is 9.54. The Kier molecular flexibility index (Phi) is 11.7. The summed E-state index contributed by atoms with van der Waals surface area (Å²) in [6.07, 6.45) is 2.66. The fourth-order valence-corrected chi connectivity index (χ4v) is 9.54. The van der Waals surface area contributed by atoms with Crippen molar-refractivity contribution in [1.29, 1.82) is 0 Å². The number of likely N-dealkylation sites (tertiary alicyclic amines) is 2. The van der Waals surface area contributed by atoms with E-state index < -0.39 is 24.3 Å². The van der Waals surface area contributed by atoms with Crippen LogP contribution in [0.2, 0.25) is 0 Å². The number of rotatable bonds is 11. The largest absolute Gasteiger partial charge is 0.488 e. The summed E-state index contributed by atoms with van der Waals surface area (Å²) in [5.74, 6) is 1.62. The van der Waals surface area contributed by atoms with E-state index in [9.17, 15) is 19.2 Å². The molecule has 4 amide bonds. The molecule has 5 atom stereocenters. The molecule has 0 bridgehead atoms. The van der Waals surface area contributed by atoms with E-state index in [1.54, 1.807) is 18.2 Å². The first-order valence-corrected chi connectivity index (χ1v) is 21.7. The van der Waals surface area contributed by atoms with Gasteiger partial charge in [-0.25, -0.2) is 19.6 Å². The number of hydrogen-bond acceptors (Lipinski definition) is 10. The highest BCUT2D eigenvalue weighted by molar-refractivity contribution is 6.07. The van der Waals surface area contributed by atoms with Crippen molar-refractivity contribution >= 4 is 45.8 Å². The van der Waals surface area contributed by atoms with Gasteiger partial charge < -0.3 is 49.3 Å². The van der Waals surface area contributed by atoms with Crippen molar-refractivity contribution in [2.45, 2.75) is 63.9 Å². The number of methoxy groups -OCH3 is 3. The standard InChI is InChI=1S/C48H52N8O8/c1-26(2)40(53-47(59)62-4)45(57)56-23-27(24-61-3)18-38(56)44-50-35-16-14-29-20-34-32-15-13-30(19-31(32)25-64-39(34)21-33(29)42(35)52-44)36-22-49-43(51-36)37-12-9-17-55(37)46(58)41(54-48(60)63-5)28-10-7-6-8-11-28/h6-8,10-11,13-16,19-22,26-27,37-38,40-41H,9,12,17-18,23-25H2,1-5H3,(H,49,51)(H,50,52)(H,53,59)(H,54,60)/t27-,37-,38-,40?,41?/m0/s1. The van der Waals surface area contributed by atoms with Crippen LogP contribution < -0.4 is 15.4 Å². The van der Waals surface area contributed by atoms with Crippen LogP contribution in [0.1, 0.15) is 74.0 Å². The molecule has 9 rings (SSSR count). The van der Waals surface area contributed by atoms with Crippen LogP contribution in [0, 0.1) is 11.8 Å². The maximum Gasteiger partial charge on any atom is 0.407 e. The number of amides is 4. The predicted molar refractivity (Wildman–Crippen MR) is 238 cm³/mol. The molecule has 0 radical (unpaired) electrons. The molecule has 0 spiro atoms. The van der Waals surface area contributed by atoms with Crippen LogP contribution >= 0.6 is 0 Å². The van der Waals surface area contributed by atoms with Gasteiger partial charge in [-0.3, -0.25) is 9.59 Å². The smallest absolute Gasteiger partial charge is 0.407 e. The van der Waals surface area contributed by atoms with Crippen LogP contribution in [0.3, 0.4) is 0 Å². The Hall–Kier alpha value is -6.94. The number of imidazole rings is 2. The first-order valence-electron chi connectivity index (χ1n) is 21.7. The van der Waals surface area contributed by atoms with Gasteiger partial charge in [0.1, 0.15) is 36.1 Å². The van der Waals surface area contributed by atoms with Crippen molar-refractivity contribution in [2.75, 3.05) is 41.0 Å². The number of carbonyl (C=O) groups excluding carboxylic acids is 4. The number of hydrogen-bond donors (Lipinski definition) is 4. The van der Waals surface area contributed by atoms with E-state index in [1.807, 2.05) is 55.1 Å². The molecular weight excluding hydrogens is 817 g/mol. The first kappa shape index (κ1) is 42.4. The highest BCUT2D eigenvalue weighted by Gasteiger charge is 2.42. The van der Waals surface area contributed by atoms with E-state index in [1.165, 1.54) is 14.2 Å². The van der Waals surface area contributed by atoms with Crippen LogP contribution in [0.25, 0.3) is 44.2 Å². The van der Waals surface area contributed by atoms with E-state index in [0.717, 1.165) is 68.3 Å². The number of alkyl carbamates (subject to hydrolysis) is 2. The van der Waals surface area contributed by atoms with Gasteiger partial charge in [0.2, 0.25) is 5.91 Å². The zero-order valence-corrected chi connectivity index (χ0v) is 36.5. The third-order valence-corrected chi connectivity index (χ3v) is 12.7. The van der Waals surface area contributed by atoms with Gasteiger partial charge in [-0.2, -0.15) is 0 Å². The maximum absolute atomic E-state index is 14.1. The Morgan fingerprint density at radius 1 is 0.859 bits per heavy atom. The van der Waals surface area contributed by atoms with Crippen molar-refractivity contribution in [3.63, 3.8) is 0 Å². The molecule has 6 aromatic rings. The molecule has 0 aliphatic carbocycles. The second-order valence-corrected chi connectivity index (χ2v) is 17.1. The van der Waals surface area contributed by atoms with Gasteiger partial charge in [0, 0.05) is 37.1 Å². The second kappa shape index (κ2) is 17.7. The summed E-state index contributed by atoms with van der Waals surface area (Å²) in [7, 11) is 4.22. The van der Waals surface area contributed by atoms with Crippen LogP contribution in [0.15, 0.2) is 79.0 Å². The fraction of sp³-hybridized carbons (Fsp3) is 0.375. The molecule has 2 aromatic heterocycles. The molecular formula is C48H52N8O8. The molecule has 16 nitrogen and oxygen atoms in total. The average Bonchev–Trinajstić information content (AvgIpc) is 4.15. The maximum atomic E-state index is 14.1. The number of fused-ring (bicyclic) bond motifs is 6. The van der Waals surface area contributed by atoms with E-state index in [0.29, 0.717) is 49.9 Å². The Bertz CT molecular complexity index is 2730. The molecule has 3 aliphatic rings. The molecule has 2 unspecified atom stereocenters. The lowest BCUT2D eigenvalue weighted by atomic mass is 9.92. The molecule has 5 heterocycles. The first-order chi connectivity index (χ1) is 31.0. The zero-order chi connectivity index (χ0) is 44.6. The van der Waals surface area contributed by atoms with Crippen LogP contribution in [-0.4, -0.2) is 101 Å². The summed E-state index contributed by atoms with van der Waals surface area (Å²) < 4.78 is 21.6. The quantitative estimate of drug-likeness (QED) is 0.102. The number of H-pyrrole nitrogens is 2. The number of benzene rings is 4. The lowest BCUT2D eigenvalue weighted by Gasteiger charge is -2.30. The summed E-state index contributed by atoms with van der Waals surface area (Å²) in [6, 6.07) is 21.4. The highest BCUT2D eigenvalue weighted by atomic mass is 16.5. The number of nitrogens with one attached hydrogen (secondary N) is 4. The minimum Gasteiger partial charge on any atom is -0.488 e. The second-order valence-electron chi connectivity index (χ2n) is 17.1. The summed E-state index contributed by atoms with van der Waals surface area (Å²) in [5.41, 5.74) is 7.13. The molecule has 332 valence electrons. The van der Waals surface area contributed by atoms with E-state index in [2.05, 4.69) is 57.0 Å². The Morgan fingerprint density at radius 3 is 2.42 bits per heavy atom. The summed E-state index contributed by atoms with van der Waals surface area (Å²) >= 11 is 0. The monoisotopic (exact) mass is 868 g/mol. The molecule has 4 aromatic carbocycles. The Labute approximate surface area is 370 Å². The van der Waals surface area contributed by atoms with Crippen LogP contribution in [-0.2, 0) is 30.4 Å². The number of nitrogens with zero attached hydrogens (tertiary/aromatic N) is 4.